The Morgan fingerprint density at radius 1 is 1.08 bits per heavy atom. The number of pyridine rings is 1. The summed E-state index contributed by atoms with van der Waals surface area (Å²) >= 11 is 0. The minimum absolute atomic E-state index is 0.143. The standard InChI is InChI=1S/C45H67N5O10/c1-11-37-45(8,55)31-14-15-32(49-56-25-30-13-16-33(46-24-30)36-18-20-47-60-36)17-19-44(7,23-26(3)34(22-31)48-38(51)12-2)41(28(5)39(52)29(6)42(54)58-37)59-43-40(53)35(50(9)10)21-27(4)57-43/h13,16,18,20,24,26-29,31,35,37,40-41,43,53,55H,11-12,14-15,17,19,21-23,25H2,1-10H3/b48-34-,49-32+/t26-,27-,28+,29-,31-,35+,37-,40-,41-,43+,44-,45+/m1/s1. The van der Waals surface area contributed by atoms with E-state index in [2.05, 4.69) is 15.1 Å². The minimum atomic E-state index is -1.57. The lowest BCUT2D eigenvalue weighted by Crippen LogP contribution is -2.57. The molecule has 2 aliphatic heterocycles. The van der Waals surface area contributed by atoms with E-state index in [0.29, 0.717) is 55.7 Å². The maximum absolute atomic E-state index is 14.6. The maximum atomic E-state index is 14.6. The average molecular weight is 838 g/mol. The molecule has 0 aromatic carbocycles. The molecule has 1 aliphatic carbocycles. The Morgan fingerprint density at radius 3 is 2.47 bits per heavy atom. The second-order valence-electron chi connectivity index (χ2n) is 18.0. The third-order valence-electron chi connectivity index (χ3n) is 13.1. The lowest BCUT2D eigenvalue weighted by Gasteiger charge is -2.47. The number of hydrogen-bond donors (Lipinski definition) is 2. The first kappa shape index (κ1) is 47.2. The van der Waals surface area contributed by atoms with E-state index in [-0.39, 0.29) is 55.6 Å². The van der Waals surface area contributed by atoms with Crippen molar-refractivity contribution in [3.63, 3.8) is 0 Å². The Labute approximate surface area is 354 Å². The molecule has 2 aromatic heterocycles. The highest BCUT2D eigenvalue weighted by molar-refractivity contribution is 6.00. The molecule has 332 valence electrons. The predicted octanol–water partition coefficient (Wildman–Crippen LogP) is 6.34. The Hall–Kier alpha value is -3.89. The normalized spacial score (nSPS) is 36.4. The van der Waals surface area contributed by atoms with Crippen LogP contribution in [0.4, 0.5) is 0 Å². The number of likely N-dealkylation sites (N-methyl/N-ethyl adjacent to an activating group) is 1. The maximum Gasteiger partial charge on any atom is 0.316 e. The molecule has 3 aliphatic rings. The number of ketones is 1. The highest BCUT2D eigenvalue weighted by atomic mass is 16.7. The molecule has 1 amide bonds. The zero-order chi connectivity index (χ0) is 43.9. The van der Waals surface area contributed by atoms with Crippen molar-refractivity contribution in [1.82, 2.24) is 15.0 Å². The molecule has 2 aromatic rings. The van der Waals surface area contributed by atoms with Crippen LogP contribution in [-0.2, 0) is 40.0 Å². The molecule has 15 heteroatoms. The largest absolute Gasteiger partial charge is 0.459 e. The Bertz CT molecular complexity index is 1810. The number of Topliss-reactive ketones (excluding diaryl/α,β-unsaturated/α-hetero) is 1. The first-order valence-corrected chi connectivity index (χ1v) is 21.6. The second-order valence-corrected chi connectivity index (χ2v) is 18.0. The summed E-state index contributed by atoms with van der Waals surface area (Å²) in [6.07, 6.45) is 2.51. The van der Waals surface area contributed by atoms with Crippen LogP contribution in [0.2, 0.25) is 0 Å². The van der Waals surface area contributed by atoms with Crippen LogP contribution in [0.5, 0.6) is 0 Å². The van der Waals surface area contributed by atoms with Gasteiger partial charge in [0.05, 0.1) is 24.1 Å². The summed E-state index contributed by atoms with van der Waals surface area (Å²) in [6, 6.07) is 5.17. The number of fused-ring (bicyclic) bond motifs is 5. The van der Waals surface area contributed by atoms with Crippen molar-refractivity contribution in [1.29, 1.82) is 0 Å². The first-order valence-electron chi connectivity index (χ1n) is 21.6. The molecule has 15 nitrogen and oxygen atoms in total. The van der Waals surface area contributed by atoms with Crippen molar-refractivity contribution in [2.75, 3.05) is 14.1 Å². The molecule has 5 rings (SSSR count). The van der Waals surface area contributed by atoms with Crippen LogP contribution < -0.4 is 0 Å². The van der Waals surface area contributed by atoms with Crippen LogP contribution in [0.3, 0.4) is 0 Å². The molecule has 0 spiro atoms. The number of oxime groups is 1. The fourth-order valence-electron chi connectivity index (χ4n) is 9.28. The van der Waals surface area contributed by atoms with Crippen LogP contribution in [-0.4, -0.2) is 111 Å². The number of hydrogen-bond acceptors (Lipinski definition) is 14. The number of nitrogens with zero attached hydrogens (tertiary/aromatic N) is 5. The molecule has 1 saturated carbocycles. The summed E-state index contributed by atoms with van der Waals surface area (Å²) in [4.78, 5) is 58.7. The number of ether oxygens (including phenoxy) is 3. The lowest BCUT2D eigenvalue weighted by atomic mass is 9.67. The second kappa shape index (κ2) is 20.3. The van der Waals surface area contributed by atoms with Gasteiger partial charge in [-0.2, -0.15) is 0 Å². The van der Waals surface area contributed by atoms with Crippen LogP contribution >= 0.6 is 0 Å². The minimum Gasteiger partial charge on any atom is -0.459 e. The van der Waals surface area contributed by atoms with E-state index in [4.69, 9.17) is 28.7 Å². The third-order valence-corrected chi connectivity index (χ3v) is 13.1. The van der Waals surface area contributed by atoms with E-state index in [1.54, 1.807) is 39.2 Å². The summed E-state index contributed by atoms with van der Waals surface area (Å²) in [7, 11) is 3.80. The molecular weight excluding hydrogens is 771 g/mol. The van der Waals surface area contributed by atoms with Crippen molar-refractivity contribution in [3.05, 3.63) is 36.2 Å². The summed E-state index contributed by atoms with van der Waals surface area (Å²) in [5.41, 5.74) is 0.363. The molecule has 60 heavy (non-hydrogen) atoms. The summed E-state index contributed by atoms with van der Waals surface area (Å²) in [6.45, 7) is 14.7. The van der Waals surface area contributed by atoms with Crippen LogP contribution in [0.1, 0.15) is 119 Å². The number of cyclic esters (lactones) is 1. The molecule has 12 atom stereocenters. The summed E-state index contributed by atoms with van der Waals surface area (Å²) < 4.78 is 24.5. The van der Waals surface area contributed by atoms with Gasteiger partial charge >= 0.3 is 5.97 Å². The van der Waals surface area contributed by atoms with E-state index in [1.165, 1.54) is 6.92 Å². The van der Waals surface area contributed by atoms with Crippen LogP contribution in [0, 0.1) is 29.1 Å². The highest BCUT2D eigenvalue weighted by Gasteiger charge is 2.50. The molecule has 2 bridgehead atoms. The number of rotatable bonds is 9. The van der Waals surface area contributed by atoms with Gasteiger partial charge in [-0.1, -0.05) is 51.0 Å². The zero-order valence-electron chi connectivity index (χ0n) is 37.1. The molecule has 0 radical (unpaired) electrons. The Kier molecular flexibility index (Phi) is 16.0. The SMILES string of the molecule is CCC(=O)/N=C1/C[C@H]2CC/C(=N\OCc3ccc(-c4ccno4)nc3)CC[C@](C)(C[C@H]1C)[C@H](O[C@@H]1O[C@H](C)C[C@H](N(C)C)[C@H]1O)[C@@H](C)C(=O)[C@@H](C)C(=O)O[C@H](CC)[C@@]2(C)O. The number of aliphatic hydroxyl groups is 2. The van der Waals surface area contributed by atoms with Gasteiger partial charge in [0.1, 0.15) is 36.0 Å². The van der Waals surface area contributed by atoms with Gasteiger partial charge in [-0.15, -0.1) is 0 Å². The smallest absolute Gasteiger partial charge is 0.316 e. The van der Waals surface area contributed by atoms with Crippen LogP contribution in [0.25, 0.3) is 11.5 Å². The number of aliphatic hydroxyl groups excluding tert-OH is 1. The van der Waals surface area contributed by atoms with Gasteiger partial charge in [-0.25, -0.2) is 4.99 Å². The monoisotopic (exact) mass is 837 g/mol. The molecule has 4 heterocycles. The Balaban J connectivity index is 1.62. The highest BCUT2D eigenvalue weighted by Crippen LogP contribution is 2.45. The van der Waals surface area contributed by atoms with E-state index in [1.807, 2.05) is 58.8 Å². The molecule has 3 fully saturated rings. The molecule has 2 saturated heterocycles. The first-order chi connectivity index (χ1) is 28.4. The Morgan fingerprint density at radius 2 is 1.83 bits per heavy atom. The predicted molar refractivity (Wildman–Crippen MR) is 225 cm³/mol. The summed E-state index contributed by atoms with van der Waals surface area (Å²) in [5.74, 6) is -3.72. The molecular formula is C45H67N5O10. The fourth-order valence-corrected chi connectivity index (χ4v) is 9.28. The quantitative estimate of drug-likeness (QED) is 0.162. The number of carbonyl (C=O) groups excluding carboxylic acids is 3. The van der Waals surface area contributed by atoms with E-state index < -0.39 is 59.3 Å². The van der Waals surface area contributed by atoms with Gasteiger partial charge in [-0.3, -0.25) is 19.4 Å². The van der Waals surface area contributed by atoms with Crippen molar-refractivity contribution in [2.24, 2.45) is 39.2 Å². The fraction of sp³-hybridized carbons (Fsp3) is 0.711. The van der Waals surface area contributed by atoms with Gasteiger partial charge in [0.25, 0.3) is 0 Å². The number of aromatic nitrogens is 2. The van der Waals surface area contributed by atoms with Crippen molar-refractivity contribution >= 4 is 29.1 Å². The van der Waals surface area contributed by atoms with Gasteiger partial charge in [0, 0.05) is 41.9 Å². The van der Waals surface area contributed by atoms with E-state index in [9.17, 15) is 24.6 Å². The topological polar surface area (TPSA) is 195 Å². The summed E-state index contributed by atoms with van der Waals surface area (Å²) in [5, 5.41) is 32.6. The average Bonchev–Trinajstić information content (AvgIpc) is 3.76. The van der Waals surface area contributed by atoms with Crippen LogP contribution in [0.15, 0.2) is 45.3 Å². The van der Waals surface area contributed by atoms with Gasteiger partial charge in [0.15, 0.2) is 17.8 Å². The van der Waals surface area contributed by atoms with Crippen molar-refractivity contribution < 1.29 is 48.2 Å². The van der Waals surface area contributed by atoms with Gasteiger partial charge in [0.2, 0.25) is 5.91 Å². The molecule has 0 unspecified atom stereocenters. The zero-order valence-corrected chi connectivity index (χ0v) is 37.1. The number of aliphatic imine (C=N–C) groups is 1. The number of esters is 1. The van der Waals surface area contributed by atoms with E-state index >= 15 is 0 Å². The number of carbonyl (C=O) groups is 3. The van der Waals surface area contributed by atoms with Gasteiger partial charge < -0.3 is 38.7 Å². The number of amides is 1. The lowest BCUT2D eigenvalue weighted by molar-refractivity contribution is -0.286. The molecule has 2 N–H and O–H groups in total. The van der Waals surface area contributed by atoms with Crippen molar-refractivity contribution in [3.8, 4) is 11.5 Å². The van der Waals surface area contributed by atoms with Gasteiger partial charge in [-0.05, 0) is 110 Å². The van der Waals surface area contributed by atoms with Crippen molar-refractivity contribution in [2.45, 2.75) is 162 Å². The van der Waals surface area contributed by atoms with E-state index in [0.717, 1.165) is 11.3 Å². The third kappa shape index (κ3) is 11.1.